The molecular formula is C16H25IN4S. The lowest BCUT2D eigenvalue weighted by Gasteiger charge is -2.10. The first-order valence-electron chi connectivity index (χ1n) is 7.33. The zero-order valence-electron chi connectivity index (χ0n) is 13.2. The van der Waals surface area contributed by atoms with E-state index in [-0.39, 0.29) is 24.0 Å². The third kappa shape index (κ3) is 6.08. The fourth-order valence-electron chi connectivity index (χ4n) is 2.21. The van der Waals surface area contributed by atoms with E-state index >= 15 is 0 Å². The molecule has 0 aliphatic carbocycles. The zero-order valence-corrected chi connectivity index (χ0v) is 16.3. The number of halogens is 1. The van der Waals surface area contributed by atoms with E-state index < -0.39 is 0 Å². The van der Waals surface area contributed by atoms with Gasteiger partial charge in [0, 0.05) is 24.8 Å². The number of rotatable bonds is 7. The number of benzene rings is 1. The Hall–Kier alpha value is -0.890. The van der Waals surface area contributed by atoms with Crippen LogP contribution >= 0.6 is 35.7 Å². The van der Waals surface area contributed by atoms with Gasteiger partial charge in [-0.25, -0.2) is 0 Å². The molecule has 22 heavy (non-hydrogen) atoms. The van der Waals surface area contributed by atoms with E-state index in [0.717, 1.165) is 19.0 Å². The third-order valence-electron chi connectivity index (χ3n) is 3.32. The van der Waals surface area contributed by atoms with Crippen LogP contribution in [0.15, 0.2) is 35.3 Å². The number of H-pyrrole nitrogens is 1. The van der Waals surface area contributed by atoms with E-state index in [9.17, 15) is 0 Å². The molecule has 4 nitrogen and oxygen atoms in total. The fraction of sp³-hybridized carbons (Fsp3) is 0.438. The summed E-state index contributed by atoms with van der Waals surface area (Å²) in [4.78, 5) is 7.66. The SMILES string of the molecule is CN=C(NCCCCSC)NCc1cc2ccccc2[nH]1.I. The Balaban J connectivity index is 0.00000242. The summed E-state index contributed by atoms with van der Waals surface area (Å²) in [5.41, 5.74) is 2.34. The number of aliphatic imine (C=N–C) groups is 1. The molecule has 2 rings (SSSR count). The van der Waals surface area contributed by atoms with Gasteiger partial charge in [-0.15, -0.1) is 24.0 Å². The highest BCUT2D eigenvalue weighted by atomic mass is 127. The van der Waals surface area contributed by atoms with Crippen LogP contribution in [0.25, 0.3) is 10.9 Å². The van der Waals surface area contributed by atoms with Gasteiger partial charge in [0.05, 0.1) is 6.54 Å². The van der Waals surface area contributed by atoms with Crippen LogP contribution in [0.3, 0.4) is 0 Å². The molecule has 0 bridgehead atoms. The summed E-state index contributed by atoms with van der Waals surface area (Å²) in [6.07, 6.45) is 4.56. The minimum atomic E-state index is 0. The number of thioether (sulfide) groups is 1. The van der Waals surface area contributed by atoms with Crippen molar-refractivity contribution in [3.63, 3.8) is 0 Å². The smallest absolute Gasteiger partial charge is 0.191 e. The molecule has 0 saturated heterocycles. The second-order valence-electron chi connectivity index (χ2n) is 4.93. The largest absolute Gasteiger partial charge is 0.357 e. The summed E-state index contributed by atoms with van der Waals surface area (Å²) in [7, 11) is 1.81. The molecule has 0 radical (unpaired) electrons. The van der Waals surface area contributed by atoms with Gasteiger partial charge in [0.25, 0.3) is 0 Å². The Morgan fingerprint density at radius 2 is 2.05 bits per heavy atom. The summed E-state index contributed by atoms with van der Waals surface area (Å²) >= 11 is 1.90. The van der Waals surface area contributed by atoms with Crippen LogP contribution in [-0.2, 0) is 6.54 Å². The zero-order chi connectivity index (χ0) is 14.9. The lowest BCUT2D eigenvalue weighted by molar-refractivity contribution is 0.730. The van der Waals surface area contributed by atoms with Gasteiger partial charge in [0.1, 0.15) is 0 Å². The number of fused-ring (bicyclic) bond motifs is 1. The second kappa shape index (κ2) is 10.8. The predicted octanol–water partition coefficient (Wildman–Crippen LogP) is 3.59. The van der Waals surface area contributed by atoms with E-state index in [1.54, 1.807) is 0 Å². The minimum absolute atomic E-state index is 0. The summed E-state index contributed by atoms with van der Waals surface area (Å²) in [5.74, 6) is 2.08. The average Bonchev–Trinajstić information content (AvgIpc) is 2.93. The normalized spacial score (nSPS) is 11.3. The van der Waals surface area contributed by atoms with Crippen molar-refractivity contribution in [1.29, 1.82) is 0 Å². The van der Waals surface area contributed by atoms with Gasteiger partial charge >= 0.3 is 0 Å². The van der Waals surface area contributed by atoms with Gasteiger partial charge in [0.2, 0.25) is 0 Å². The summed E-state index contributed by atoms with van der Waals surface area (Å²) in [6, 6.07) is 10.5. The molecule has 1 aromatic heterocycles. The standard InChI is InChI=1S/C16H24N4S.HI/c1-17-16(18-9-5-6-10-21-2)19-12-14-11-13-7-3-4-8-15(13)20-14;/h3-4,7-8,11,20H,5-6,9-10,12H2,1-2H3,(H2,17,18,19);1H. The second-order valence-corrected chi connectivity index (χ2v) is 5.92. The Morgan fingerprint density at radius 1 is 1.23 bits per heavy atom. The van der Waals surface area contributed by atoms with Gasteiger partial charge in [-0.05, 0) is 42.4 Å². The predicted molar refractivity (Wildman–Crippen MR) is 110 cm³/mol. The maximum atomic E-state index is 4.25. The van der Waals surface area contributed by atoms with Crippen LogP contribution < -0.4 is 10.6 Å². The monoisotopic (exact) mass is 432 g/mol. The molecule has 6 heteroatoms. The van der Waals surface area contributed by atoms with Crippen molar-refractivity contribution in [2.24, 2.45) is 4.99 Å². The van der Waals surface area contributed by atoms with Crippen molar-refractivity contribution in [3.8, 4) is 0 Å². The summed E-state index contributed by atoms with van der Waals surface area (Å²) in [5, 5.41) is 7.93. The molecule has 0 aliphatic rings. The number of aromatic nitrogens is 1. The van der Waals surface area contributed by atoms with Crippen molar-refractivity contribution in [1.82, 2.24) is 15.6 Å². The first-order valence-corrected chi connectivity index (χ1v) is 8.73. The van der Waals surface area contributed by atoms with E-state index in [2.05, 4.69) is 51.1 Å². The van der Waals surface area contributed by atoms with Gasteiger partial charge in [0.15, 0.2) is 5.96 Å². The first-order chi connectivity index (χ1) is 10.3. The van der Waals surface area contributed by atoms with Crippen molar-refractivity contribution in [2.45, 2.75) is 19.4 Å². The molecule has 3 N–H and O–H groups in total. The van der Waals surface area contributed by atoms with Crippen LogP contribution in [0.1, 0.15) is 18.5 Å². The van der Waals surface area contributed by atoms with Crippen LogP contribution in [0.2, 0.25) is 0 Å². The number of para-hydroxylation sites is 1. The molecule has 0 amide bonds. The highest BCUT2D eigenvalue weighted by Gasteiger charge is 2.01. The number of nitrogens with one attached hydrogen (secondary N) is 3. The molecule has 122 valence electrons. The van der Waals surface area contributed by atoms with Crippen LogP contribution in [-0.4, -0.2) is 36.5 Å². The molecule has 0 aliphatic heterocycles. The Bertz CT molecular complexity index is 549. The molecule has 2 aromatic rings. The number of unbranched alkanes of at least 4 members (excludes halogenated alkanes) is 1. The van der Waals surface area contributed by atoms with E-state index in [1.165, 1.54) is 35.2 Å². The van der Waals surface area contributed by atoms with Gasteiger partial charge in [-0.3, -0.25) is 4.99 Å². The number of hydrogen-bond donors (Lipinski definition) is 3. The summed E-state index contributed by atoms with van der Waals surface area (Å²) < 4.78 is 0. The van der Waals surface area contributed by atoms with Crippen LogP contribution in [0.5, 0.6) is 0 Å². The highest BCUT2D eigenvalue weighted by molar-refractivity contribution is 14.0. The number of nitrogens with zero attached hydrogens (tertiary/aromatic N) is 1. The number of guanidine groups is 1. The third-order valence-corrected chi connectivity index (χ3v) is 4.02. The number of hydrogen-bond acceptors (Lipinski definition) is 2. The Labute approximate surface area is 154 Å². The topological polar surface area (TPSA) is 52.2 Å². The molecule has 1 aromatic carbocycles. The van der Waals surface area contributed by atoms with Crippen molar-refractivity contribution in [2.75, 3.05) is 25.6 Å². The molecule has 0 fully saturated rings. The highest BCUT2D eigenvalue weighted by Crippen LogP contribution is 2.14. The molecule has 0 unspecified atom stereocenters. The minimum Gasteiger partial charge on any atom is -0.357 e. The van der Waals surface area contributed by atoms with Gasteiger partial charge in [-0.2, -0.15) is 11.8 Å². The Kier molecular flexibility index (Phi) is 9.38. The van der Waals surface area contributed by atoms with Crippen molar-refractivity contribution >= 4 is 52.6 Å². The summed E-state index contributed by atoms with van der Waals surface area (Å²) in [6.45, 7) is 1.71. The quantitative estimate of drug-likeness (QED) is 0.271. The van der Waals surface area contributed by atoms with E-state index in [1.807, 2.05) is 24.9 Å². The Morgan fingerprint density at radius 3 is 2.77 bits per heavy atom. The van der Waals surface area contributed by atoms with Crippen molar-refractivity contribution < 1.29 is 0 Å². The lowest BCUT2D eigenvalue weighted by atomic mass is 10.2. The molecular weight excluding hydrogens is 407 g/mol. The first kappa shape index (κ1) is 19.2. The van der Waals surface area contributed by atoms with Gasteiger partial charge in [-0.1, -0.05) is 18.2 Å². The van der Waals surface area contributed by atoms with Crippen LogP contribution in [0, 0.1) is 0 Å². The maximum Gasteiger partial charge on any atom is 0.191 e. The average molecular weight is 432 g/mol. The molecule has 0 atom stereocenters. The number of aromatic amines is 1. The van der Waals surface area contributed by atoms with Crippen molar-refractivity contribution in [3.05, 3.63) is 36.0 Å². The molecule has 0 saturated carbocycles. The van der Waals surface area contributed by atoms with Crippen LogP contribution in [0.4, 0.5) is 0 Å². The molecule has 0 spiro atoms. The van der Waals surface area contributed by atoms with Gasteiger partial charge < -0.3 is 15.6 Å². The molecule has 1 heterocycles. The lowest BCUT2D eigenvalue weighted by Crippen LogP contribution is -2.37. The maximum absolute atomic E-state index is 4.25. The fourth-order valence-corrected chi connectivity index (χ4v) is 2.70. The van der Waals surface area contributed by atoms with E-state index in [0.29, 0.717) is 0 Å². The van der Waals surface area contributed by atoms with E-state index in [4.69, 9.17) is 0 Å².